The molecule has 0 aromatic rings. The summed E-state index contributed by atoms with van der Waals surface area (Å²) < 4.78 is 22.5. The first-order chi connectivity index (χ1) is 7.53. The zero-order valence-corrected chi connectivity index (χ0v) is 11.4. The van der Waals surface area contributed by atoms with Crippen LogP contribution in [0.3, 0.4) is 0 Å². The Morgan fingerprint density at radius 2 is 1.88 bits per heavy atom. The van der Waals surface area contributed by atoms with Gasteiger partial charge in [0.05, 0.1) is 11.5 Å². The van der Waals surface area contributed by atoms with Gasteiger partial charge >= 0.3 is 0 Å². The fraction of sp³-hybridized carbons (Fsp3) is 1.00. The smallest absolute Gasteiger partial charge is 0.150 e. The highest BCUT2D eigenvalue weighted by atomic mass is 32.2. The molecule has 0 aromatic heterocycles. The van der Waals surface area contributed by atoms with E-state index in [9.17, 15) is 8.42 Å². The van der Waals surface area contributed by atoms with E-state index < -0.39 is 9.84 Å². The zero-order chi connectivity index (χ0) is 12.0. The van der Waals surface area contributed by atoms with Gasteiger partial charge in [-0.2, -0.15) is 0 Å². The molecule has 1 aliphatic rings. The van der Waals surface area contributed by atoms with Crippen LogP contribution in [0.15, 0.2) is 0 Å². The van der Waals surface area contributed by atoms with Crippen molar-refractivity contribution in [1.29, 1.82) is 0 Å². The Bertz CT molecular complexity index is 273. The molecule has 16 heavy (non-hydrogen) atoms. The van der Waals surface area contributed by atoms with Crippen LogP contribution in [0.5, 0.6) is 0 Å². The standard InChI is InChI=1S/C12H25NO2S/c1-3-4-5-6-11(2)13-12-7-9-16(14,15)10-8-12/h11-13H,3-10H2,1-2H3. The second-order valence-electron chi connectivity index (χ2n) is 4.99. The molecule has 4 heteroatoms. The molecule has 0 radical (unpaired) electrons. The molecule has 1 fully saturated rings. The van der Waals surface area contributed by atoms with Crippen molar-refractivity contribution in [3.05, 3.63) is 0 Å². The van der Waals surface area contributed by atoms with Crippen molar-refractivity contribution in [2.75, 3.05) is 11.5 Å². The first-order valence-electron chi connectivity index (χ1n) is 6.50. The maximum atomic E-state index is 11.3. The van der Waals surface area contributed by atoms with Gasteiger partial charge in [0.2, 0.25) is 0 Å². The van der Waals surface area contributed by atoms with Crippen LogP contribution in [0.25, 0.3) is 0 Å². The molecule has 1 aliphatic heterocycles. The van der Waals surface area contributed by atoms with Crippen LogP contribution in [0, 0.1) is 0 Å². The van der Waals surface area contributed by atoms with Gasteiger partial charge in [-0.15, -0.1) is 0 Å². The molecule has 0 aliphatic carbocycles. The Morgan fingerprint density at radius 3 is 2.44 bits per heavy atom. The maximum Gasteiger partial charge on any atom is 0.150 e. The molecule has 0 saturated carbocycles. The molecule has 1 rings (SSSR count). The second kappa shape index (κ2) is 6.60. The number of rotatable bonds is 6. The van der Waals surface area contributed by atoms with Crippen LogP contribution < -0.4 is 5.32 Å². The first kappa shape index (κ1) is 14.0. The first-order valence-corrected chi connectivity index (χ1v) is 8.32. The van der Waals surface area contributed by atoms with Gasteiger partial charge in [0, 0.05) is 12.1 Å². The summed E-state index contributed by atoms with van der Waals surface area (Å²) in [6.07, 6.45) is 6.62. The predicted molar refractivity (Wildman–Crippen MR) is 68.4 cm³/mol. The zero-order valence-electron chi connectivity index (χ0n) is 10.5. The summed E-state index contributed by atoms with van der Waals surface area (Å²) in [4.78, 5) is 0. The van der Waals surface area contributed by atoms with E-state index in [0.717, 1.165) is 12.8 Å². The van der Waals surface area contributed by atoms with Gasteiger partial charge in [-0.1, -0.05) is 26.2 Å². The van der Waals surface area contributed by atoms with Crippen LogP contribution in [0.2, 0.25) is 0 Å². The Balaban J connectivity index is 2.18. The minimum absolute atomic E-state index is 0.367. The van der Waals surface area contributed by atoms with E-state index in [0.29, 0.717) is 23.6 Å². The predicted octanol–water partition coefficient (Wildman–Crippen LogP) is 2.12. The van der Waals surface area contributed by atoms with E-state index in [4.69, 9.17) is 0 Å². The molecule has 1 heterocycles. The molecule has 1 unspecified atom stereocenters. The monoisotopic (exact) mass is 247 g/mol. The van der Waals surface area contributed by atoms with E-state index in [-0.39, 0.29) is 0 Å². The Labute approximate surface area is 99.9 Å². The van der Waals surface area contributed by atoms with Crippen LogP contribution in [-0.4, -0.2) is 32.0 Å². The highest BCUT2D eigenvalue weighted by Gasteiger charge is 2.23. The van der Waals surface area contributed by atoms with E-state index in [1.807, 2.05) is 0 Å². The van der Waals surface area contributed by atoms with Crippen molar-refractivity contribution < 1.29 is 8.42 Å². The van der Waals surface area contributed by atoms with Crippen molar-refractivity contribution in [2.45, 2.75) is 64.5 Å². The highest BCUT2D eigenvalue weighted by molar-refractivity contribution is 7.91. The molecule has 1 atom stereocenters. The molecule has 1 N–H and O–H groups in total. The normalized spacial score (nSPS) is 23.1. The highest BCUT2D eigenvalue weighted by Crippen LogP contribution is 2.14. The third-order valence-corrected chi connectivity index (χ3v) is 5.03. The van der Waals surface area contributed by atoms with Gasteiger partial charge in [-0.3, -0.25) is 0 Å². The largest absolute Gasteiger partial charge is 0.311 e. The lowest BCUT2D eigenvalue weighted by molar-refractivity contribution is 0.391. The number of sulfone groups is 1. The lowest BCUT2D eigenvalue weighted by Gasteiger charge is -2.26. The van der Waals surface area contributed by atoms with Crippen LogP contribution in [-0.2, 0) is 9.84 Å². The van der Waals surface area contributed by atoms with Crippen LogP contribution >= 0.6 is 0 Å². The minimum Gasteiger partial charge on any atom is -0.311 e. The summed E-state index contributed by atoms with van der Waals surface area (Å²) >= 11 is 0. The summed E-state index contributed by atoms with van der Waals surface area (Å²) in [7, 11) is -2.71. The Morgan fingerprint density at radius 1 is 1.25 bits per heavy atom. The second-order valence-corrected chi connectivity index (χ2v) is 7.29. The summed E-state index contributed by atoms with van der Waals surface area (Å²) in [5, 5.41) is 3.55. The number of nitrogens with one attached hydrogen (secondary N) is 1. The van der Waals surface area contributed by atoms with Crippen molar-refractivity contribution in [1.82, 2.24) is 5.32 Å². The quantitative estimate of drug-likeness (QED) is 0.731. The van der Waals surface area contributed by atoms with Gasteiger partial charge in [0.1, 0.15) is 9.84 Å². The maximum absolute atomic E-state index is 11.3. The number of hydrogen-bond donors (Lipinski definition) is 1. The van der Waals surface area contributed by atoms with Crippen LogP contribution in [0.1, 0.15) is 52.4 Å². The lowest BCUT2D eigenvalue weighted by atomic mass is 10.1. The van der Waals surface area contributed by atoms with Crippen molar-refractivity contribution >= 4 is 9.84 Å². The molecule has 3 nitrogen and oxygen atoms in total. The van der Waals surface area contributed by atoms with Crippen LogP contribution in [0.4, 0.5) is 0 Å². The van der Waals surface area contributed by atoms with Gasteiger partial charge in [0.15, 0.2) is 0 Å². The van der Waals surface area contributed by atoms with E-state index in [1.165, 1.54) is 25.7 Å². The third kappa shape index (κ3) is 5.30. The summed E-state index contributed by atoms with van der Waals surface area (Å²) in [6.45, 7) is 4.42. The molecular weight excluding hydrogens is 222 g/mol. The van der Waals surface area contributed by atoms with E-state index in [2.05, 4.69) is 19.2 Å². The SMILES string of the molecule is CCCCCC(C)NC1CCS(=O)(=O)CC1. The minimum atomic E-state index is -2.71. The van der Waals surface area contributed by atoms with Crippen molar-refractivity contribution in [3.63, 3.8) is 0 Å². The lowest BCUT2D eigenvalue weighted by Crippen LogP contribution is -2.41. The molecule has 0 spiro atoms. The van der Waals surface area contributed by atoms with Gasteiger partial charge in [-0.05, 0) is 26.2 Å². The molecule has 0 aromatic carbocycles. The van der Waals surface area contributed by atoms with Gasteiger partial charge < -0.3 is 5.32 Å². The summed E-state index contributed by atoms with van der Waals surface area (Å²) in [5.41, 5.74) is 0. The van der Waals surface area contributed by atoms with Crippen molar-refractivity contribution in [3.8, 4) is 0 Å². The third-order valence-electron chi connectivity index (χ3n) is 3.32. The average molecular weight is 247 g/mol. The van der Waals surface area contributed by atoms with E-state index in [1.54, 1.807) is 0 Å². The summed E-state index contributed by atoms with van der Waals surface area (Å²) in [5.74, 6) is 0.735. The molecule has 0 amide bonds. The number of hydrogen-bond acceptors (Lipinski definition) is 3. The molecule has 0 bridgehead atoms. The van der Waals surface area contributed by atoms with Gasteiger partial charge in [-0.25, -0.2) is 8.42 Å². The fourth-order valence-corrected chi connectivity index (χ4v) is 3.73. The molecular formula is C12H25NO2S. The van der Waals surface area contributed by atoms with E-state index >= 15 is 0 Å². The molecule has 96 valence electrons. The summed E-state index contributed by atoms with van der Waals surface area (Å²) in [6, 6.07) is 0.942. The number of unbranched alkanes of at least 4 members (excludes halogenated alkanes) is 2. The Hall–Kier alpha value is -0.0900. The fourth-order valence-electron chi connectivity index (χ4n) is 2.24. The Kier molecular flexibility index (Phi) is 5.76. The van der Waals surface area contributed by atoms with Gasteiger partial charge in [0.25, 0.3) is 0 Å². The topological polar surface area (TPSA) is 46.2 Å². The average Bonchev–Trinajstić information content (AvgIpc) is 2.22. The van der Waals surface area contributed by atoms with Crippen molar-refractivity contribution in [2.24, 2.45) is 0 Å². The molecule has 1 saturated heterocycles.